The van der Waals surface area contributed by atoms with Gasteiger partial charge in [0.1, 0.15) is 6.33 Å². The van der Waals surface area contributed by atoms with Crippen molar-refractivity contribution in [1.29, 1.82) is 0 Å². The van der Waals surface area contributed by atoms with E-state index in [1.807, 2.05) is 24.3 Å². The number of fused-ring (bicyclic) bond motifs is 1. The quantitative estimate of drug-likeness (QED) is 0.592. The van der Waals surface area contributed by atoms with Gasteiger partial charge in [-0.2, -0.15) is 13.2 Å². The standard InChI is InChI=1S/C18H17F3N2/c1-17(2,3)12-4-7-14(8-5-12)23-11-22-15-10-13(18(19,20)21)6-9-16(15)23/h4-11H,1-3H3. The monoisotopic (exact) mass is 318 g/mol. The van der Waals surface area contributed by atoms with Crippen LogP contribution in [0.4, 0.5) is 13.2 Å². The molecule has 1 heterocycles. The highest BCUT2D eigenvalue weighted by Crippen LogP contribution is 2.32. The first-order chi connectivity index (χ1) is 10.7. The maximum absolute atomic E-state index is 12.8. The number of benzene rings is 2. The minimum atomic E-state index is -4.35. The van der Waals surface area contributed by atoms with Crippen LogP contribution in [0.5, 0.6) is 0 Å². The number of rotatable bonds is 1. The molecular formula is C18H17F3N2. The van der Waals surface area contributed by atoms with Crippen molar-refractivity contribution >= 4 is 11.0 Å². The van der Waals surface area contributed by atoms with Crippen LogP contribution in [0.3, 0.4) is 0 Å². The van der Waals surface area contributed by atoms with Crippen molar-refractivity contribution in [3.8, 4) is 5.69 Å². The molecule has 0 radical (unpaired) electrons. The maximum atomic E-state index is 12.8. The zero-order chi connectivity index (χ0) is 16.8. The topological polar surface area (TPSA) is 17.8 Å². The molecule has 0 atom stereocenters. The van der Waals surface area contributed by atoms with Gasteiger partial charge in [0, 0.05) is 5.69 Å². The van der Waals surface area contributed by atoms with E-state index in [2.05, 4.69) is 25.8 Å². The predicted molar refractivity (Wildman–Crippen MR) is 84.8 cm³/mol. The van der Waals surface area contributed by atoms with Gasteiger partial charge < -0.3 is 0 Å². The lowest BCUT2D eigenvalue weighted by atomic mass is 9.87. The van der Waals surface area contributed by atoms with E-state index in [4.69, 9.17) is 0 Å². The third-order valence-corrected chi connectivity index (χ3v) is 3.89. The third kappa shape index (κ3) is 2.96. The minimum Gasteiger partial charge on any atom is -0.299 e. The fourth-order valence-electron chi connectivity index (χ4n) is 2.52. The molecule has 120 valence electrons. The number of hydrogen-bond donors (Lipinski definition) is 0. The van der Waals surface area contributed by atoms with Crippen molar-refractivity contribution < 1.29 is 13.2 Å². The van der Waals surface area contributed by atoms with Gasteiger partial charge >= 0.3 is 6.18 Å². The maximum Gasteiger partial charge on any atom is 0.416 e. The molecule has 0 saturated carbocycles. The number of alkyl halides is 3. The number of aromatic nitrogens is 2. The van der Waals surface area contributed by atoms with E-state index in [0.717, 1.165) is 17.8 Å². The summed E-state index contributed by atoms with van der Waals surface area (Å²) in [4.78, 5) is 4.10. The Balaban J connectivity index is 2.04. The number of hydrogen-bond acceptors (Lipinski definition) is 1. The summed E-state index contributed by atoms with van der Waals surface area (Å²) < 4.78 is 40.1. The third-order valence-electron chi connectivity index (χ3n) is 3.89. The Bertz CT molecular complexity index is 837. The van der Waals surface area contributed by atoms with E-state index in [1.165, 1.54) is 11.6 Å². The molecule has 2 aromatic carbocycles. The zero-order valence-corrected chi connectivity index (χ0v) is 13.1. The number of imidazole rings is 1. The molecule has 3 aromatic rings. The number of nitrogens with zero attached hydrogens (tertiary/aromatic N) is 2. The summed E-state index contributed by atoms with van der Waals surface area (Å²) in [6.45, 7) is 6.40. The molecule has 0 fully saturated rings. The number of halogens is 3. The first kappa shape index (κ1) is 15.6. The fourth-order valence-corrected chi connectivity index (χ4v) is 2.52. The van der Waals surface area contributed by atoms with E-state index < -0.39 is 11.7 Å². The van der Waals surface area contributed by atoms with Crippen molar-refractivity contribution in [3.05, 3.63) is 59.9 Å². The lowest BCUT2D eigenvalue weighted by Gasteiger charge is -2.19. The molecule has 0 saturated heterocycles. The molecular weight excluding hydrogens is 301 g/mol. The molecule has 0 aliphatic heterocycles. The molecule has 0 bridgehead atoms. The summed E-state index contributed by atoms with van der Waals surface area (Å²) in [5.41, 5.74) is 2.43. The smallest absolute Gasteiger partial charge is 0.299 e. The summed E-state index contributed by atoms with van der Waals surface area (Å²) in [7, 11) is 0. The summed E-state index contributed by atoms with van der Waals surface area (Å²) in [5, 5.41) is 0. The van der Waals surface area contributed by atoms with Crippen molar-refractivity contribution in [2.24, 2.45) is 0 Å². The molecule has 3 rings (SSSR count). The average molecular weight is 318 g/mol. The van der Waals surface area contributed by atoms with Gasteiger partial charge in [-0.05, 0) is 41.3 Å². The molecule has 1 aromatic heterocycles. The Morgan fingerprint density at radius 1 is 0.870 bits per heavy atom. The van der Waals surface area contributed by atoms with Crippen LogP contribution >= 0.6 is 0 Å². The van der Waals surface area contributed by atoms with Crippen molar-refractivity contribution in [3.63, 3.8) is 0 Å². The Labute approximate surface area is 132 Å². The van der Waals surface area contributed by atoms with Gasteiger partial charge in [-0.25, -0.2) is 4.98 Å². The second kappa shape index (κ2) is 5.11. The fraction of sp³-hybridized carbons (Fsp3) is 0.278. The van der Waals surface area contributed by atoms with Crippen LogP contribution in [-0.4, -0.2) is 9.55 Å². The van der Waals surface area contributed by atoms with E-state index >= 15 is 0 Å². The van der Waals surface area contributed by atoms with Gasteiger partial charge in [0.25, 0.3) is 0 Å². The van der Waals surface area contributed by atoms with Crippen molar-refractivity contribution in [2.45, 2.75) is 32.4 Å². The van der Waals surface area contributed by atoms with E-state index in [-0.39, 0.29) is 5.41 Å². The van der Waals surface area contributed by atoms with Crippen LogP contribution in [0.25, 0.3) is 16.7 Å². The van der Waals surface area contributed by atoms with Gasteiger partial charge in [-0.15, -0.1) is 0 Å². The normalized spacial score (nSPS) is 12.8. The second-order valence-electron chi connectivity index (χ2n) is 6.61. The van der Waals surface area contributed by atoms with Crippen LogP contribution in [0.1, 0.15) is 31.9 Å². The molecule has 2 nitrogen and oxygen atoms in total. The molecule has 0 unspecified atom stereocenters. The van der Waals surface area contributed by atoms with E-state index in [0.29, 0.717) is 11.0 Å². The van der Waals surface area contributed by atoms with E-state index in [9.17, 15) is 13.2 Å². The van der Waals surface area contributed by atoms with Gasteiger partial charge in [-0.1, -0.05) is 32.9 Å². The Morgan fingerprint density at radius 3 is 2.04 bits per heavy atom. The first-order valence-corrected chi connectivity index (χ1v) is 7.31. The van der Waals surface area contributed by atoms with Crippen molar-refractivity contribution in [2.75, 3.05) is 0 Å². The lowest BCUT2D eigenvalue weighted by molar-refractivity contribution is -0.137. The van der Waals surface area contributed by atoms with Gasteiger partial charge in [0.15, 0.2) is 0 Å². The molecule has 0 aliphatic rings. The van der Waals surface area contributed by atoms with Gasteiger partial charge in [-0.3, -0.25) is 4.57 Å². The molecule has 0 N–H and O–H groups in total. The highest BCUT2D eigenvalue weighted by molar-refractivity contribution is 5.78. The predicted octanol–water partition coefficient (Wildman–Crippen LogP) is 5.34. The summed E-state index contributed by atoms with van der Waals surface area (Å²) in [5.74, 6) is 0. The lowest BCUT2D eigenvalue weighted by Crippen LogP contribution is -2.10. The summed E-state index contributed by atoms with van der Waals surface area (Å²) in [6, 6.07) is 11.6. The van der Waals surface area contributed by atoms with Gasteiger partial charge in [0.2, 0.25) is 0 Å². The highest BCUT2D eigenvalue weighted by atomic mass is 19.4. The van der Waals surface area contributed by atoms with Crippen LogP contribution in [-0.2, 0) is 11.6 Å². The van der Waals surface area contributed by atoms with Crippen LogP contribution in [0.2, 0.25) is 0 Å². The average Bonchev–Trinajstić information content (AvgIpc) is 2.88. The van der Waals surface area contributed by atoms with Crippen LogP contribution < -0.4 is 0 Å². The highest BCUT2D eigenvalue weighted by Gasteiger charge is 2.30. The second-order valence-corrected chi connectivity index (χ2v) is 6.61. The molecule has 5 heteroatoms. The molecule has 0 amide bonds. The molecule has 23 heavy (non-hydrogen) atoms. The SMILES string of the molecule is CC(C)(C)c1ccc(-n2cnc3cc(C(F)(F)F)ccc32)cc1. The Kier molecular flexibility index (Phi) is 3.47. The van der Waals surface area contributed by atoms with Crippen LogP contribution in [0.15, 0.2) is 48.8 Å². The summed E-state index contributed by atoms with van der Waals surface area (Å²) >= 11 is 0. The largest absolute Gasteiger partial charge is 0.416 e. The zero-order valence-electron chi connectivity index (χ0n) is 13.1. The first-order valence-electron chi connectivity index (χ1n) is 7.31. The van der Waals surface area contributed by atoms with Gasteiger partial charge in [0.05, 0.1) is 16.6 Å². The van der Waals surface area contributed by atoms with Crippen molar-refractivity contribution in [1.82, 2.24) is 9.55 Å². The Morgan fingerprint density at radius 2 is 1.48 bits per heavy atom. The van der Waals surface area contributed by atoms with Crippen LogP contribution in [0, 0.1) is 0 Å². The van der Waals surface area contributed by atoms with E-state index in [1.54, 1.807) is 10.9 Å². The minimum absolute atomic E-state index is 0.0527. The molecule has 0 aliphatic carbocycles. The molecule has 0 spiro atoms. The summed E-state index contributed by atoms with van der Waals surface area (Å²) in [6.07, 6.45) is -2.80. The Hall–Kier alpha value is -2.30.